The fourth-order valence-corrected chi connectivity index (χ4v) is 0. The minimum atomic E-state index is -0.250. The fourth-order valence-electron chi connectivity index (χ4n) is 0. The van der Waals surface area contributed by atoms with E-state index in [1.165, 1.54) is 0 Å². The standard InChI is InChI=1S/C2H6N.CH3.2CH2.W/c1-3-2;;;;/h1-2H3;1H3;2*1H2;/q2*-1;;;. The summed E-state index contributed by atoms with van der Waals surface area (Å²) in [5, 5.41) is 3.50. The van der Waals surface area contributed by atoms with Crippen molar-refractivity contribution in [2.24, 2.45) is 0 Å². The first-order valence-corrected chi connectivity index (χ1v) is 5.62. The predicted molar refractivity (Wildman–Crippen MR) is 35.9 cm³/mol. The SMILES string of the molecule is C[N-]C.[CH2]=[W]=[CH2].[CH3-]. The number of hydrogen-bond acceptors (Lipinski definition) is 0. The van der Waals surface area contributed by atoms with Crippen LogP contribution in [0.1, 0.15) is 0 Å². The van der Waals surface area contributed by atoms with E-state index in [-0.39, 0.29) is 25.1 Å². The van der Waals surface area contributed by atoms with Gasteiger partial charge in [-0.25, -0.2) is 0 Å². The second kappa shape index (κ2) is 32.5. The van der Waals surface area contributed by atoms with Crippen molar-refractivity contribution in [1.82, 2.24) is 0 Å². The average Bonchev–Trinajstić information content (AvgIpc) is 1.39. The first-order chi connectivity index (χ1) is 2.83. The molecule has 0 amide bonds. The summed E-state index contributed by atoms with van der Waals surface area (Å²) in [5.74, 6) is 0. The van der Waals surface area contributed by atoms with E-state index < -0.39 is 0 Å². The molecule has 0 heterocycles. The van der Waals surface area contributed by atoms with Crippen LogP contribution in [0.15, 0.2) is 0 Å². The van der Waals surface area contributed by atoms with Crippen molar-refractivity contribution in [1.29, 1.82) is 0 Å². The summed E-state index contributed by atoms with van der Waals surface area (Å²) in [6, 6.07) is 0. The fraction of sp³-hybridized carbons (Fsp3) is 0.400. The van der Waals surface area contributed by atoms with E-state index in [9.17, 15) is 0 Å². The van der Waals surface area contributed by atoms with E-state index in [0.29, 0.717) is 0 Å². The molecule has 1 nitrogen and oxygen atoms in total. The van der Waals surface area contributed by atoms with Crippen LogP contribution in [0.3, 0.4) is 0 Å². The maximum absolute atomic E-state index is 3.54. The van der Waals surface area contributed by atoms with Gasteiger partial charge in [-0.3, -0.25) is 0 Å². The summed E-state index contributed by atoms with van der Waals surface area (Å²) in [4.78, 5) is 7.08. The van der Waals surface area contributed by atoms with Gasteiger partial charge in [0.25, 0.3) is 0 Å². The van der Waals surface area contributed by atoms with Gasteiger partial charge in [0.15, 0.2) is 0 Å². The Morgan fingerprint density at radius 3 is 1.29 bits per heavy atom. The Morgan fingerprint density at radius 2 is 1.29 bits per heavy atom. The Labute approximate surface area is 54.7 Å². The molecule has 0 aromatic heterocycles. The van der Waals surface area contributed by atoms with Crippen molar-refractivity contribution < 1.29 is 17.6 Å². The van der Waals surface area contributed by atoms with E-state index in [1.807, 2.05) is 0 Å². The van der Waals surface area contributed by atoms with E-state index >= 15 is 0 Å². The molecular formula is C5H13NW-2. The van der Waals surface area contributed by atoms with E-state index in [1.54, 1.807) is 14.1 Å². The summed E-state index contributed by atoms with van der Waals surface area (Å²) in [5.41, 5.74) is 0. The van der Waals surface area contributed by atoms with Crippen molar-refractivity contribution in [3.63, 3.8) is 0 Å². The number of rotatable bonds is 0. The van der Waals surface area contributed by atoms with Gasteiger partial charge in [-0.15, -0.1) is 0 Å². The van der Waals surface area contributed by atoms with Crippen LogP contribution in [-0.2, 0) is 17.6 Å². The molecule has 7 heavy (non-hydrogen) atoms. The molecule has 0 spiro atoms. The van der Waals surface area contributed by atoms with E-state index in [2.05, 4.69) is 15.1 Å². The summed E-state index contributed by atoms with van der Waals surface area (Å²) < 4.78 is 0. The second-order valence-electron chi connectivity index (χ2n) is 0.651. The third kappa shape index (κ3) is 816. The Hall–Kier alpha value is 0.388. The molecule has 0 fully saturated rings. The van der Waals surface area contributed by atoms with E-state index in [4.69, 9.17) is 0 Å². The van der Waals surface area contributed by atoms with Crippen LogP contribution in [0, 0.1) is 7.43 Å². The molecule has 46 valence electrons. The molecule has 0 aliphatic heterocycles. The number of nitrogens with zero attached hydrogens (tertiary/aromatic N) is 1. The van der Waals surface area contributed by atoms with Gasteiger partial charge in [-0.1, -0.05) is 0 Å². The van der Waals surface area contributed by atoms with Crippen LogP contribution in [0.4, 0.5) is 0 Å². The van der Waals surface area contributed by atoms with Crippen LogP contribution in [0.2, 0.25) is 0 Å². The van der Waals surface area contributed by atoms with Crippen molar-refractivity contribution >= 4 is 9.81 Å². The van der Waals surface area contributed by atoms with Gasteiger partial charge in [-0.2, -0.15) is 14.1 Å². The summed E-state index contributed by atoms with van der Waals surface area (Å²) in [6.07, 6.45) is 0. The van der Waals surface area contributed by atoms with Crippen LogP contribution in [-0.4, -0.2) is 23.9 Å². The first kappa shape index (κ1) is 15.7. The molecule has 0 N–H and O–H groups in total. The molecular weight excluding hydrogens is 258 g/mol. The smallest absolute Gasteiger partial charge is 0.358 e. The van der Waals surface area contributed by atoms with Crippen LogP contribution in [0.25, 0.3) is 5.32 Å². The largest absolute Gasteiger partial charge is 0.358 e. The first-order valence-electron chi connectivity index (χ1n) is 1.47. The van der Waals surface area contributed by atoms with Crippen molar-refractivity contribution in [3.05, 3.63) is 12.7 Å². The third-order valence-corrected chi connectivity index (χ3v) is 0. The quantitative estimate of drug-likeness (QED) is 0.584. The minimum absolute atomic E-state index is 0. The molecule has 0 aliphatic rings. The topological polar surface area (TPSA) is 14.1 Å². The zero-order valence-corrected chi connectivity index (χ0v) is 8.20. The molecule has 0 saturated heterocycles. The van der Waals surface area contributed by atoms with Gasteiger partial charge in [0.2, 0.25) is 0 Å². The normalized spacial score (nSPS) is 4.29. The van der Waals surface area contributed by atoms with Crippen molar-refractivity contribution in [3.8, 4) is 0 Å². The van der Waals surface area contributed by atoms with Gasteiger partial charge < -0.3 is 12.7 Å². The van der Waals surface area contributed by atoms with Gasteiger partial charge in [0.1, 0.15) is 0 Å². The maximum Gasteiger partial charge on any atom is -0.358 e. The second-order valence-corrected chi connectivity index (χ2v) is 2.12. The molecule has 0 saturated carbocycles. The maximum atomic E-state index is 3.54. The third-order valence-electron chi connectivity index (χ3n) is 0. The molecule has 0 radical (unpaired) electrons. The van der Waals surface area contributed by atoms with Crippen LogP contribution in [0.5, 0.6) is 0 Å². The molecule has 0 rings (SSSR count). The van der Waals surface area contributed by atoms with E-state index in [0.717, 1.165) is 0 Å². The Morgan fingerprint density at radius 1 is 1.29 bits per heavy atom. The van der Waals surface area contributed by atoms with Crippen molar-refractivity contribution in [2.75, 3.05) is 14.1 Å². The average molecular weight is 271 g/mol. The van der Waals surface area contributed by atoms with Gasteiger partial charge >= 0.3 is 27.4 Å². The molecule has 0 aliphatic carbocycles. The van der Waals surface area contributed by atoms with Gasteiger partial charge in [0, 0.05) is 0 Å². The molecule has 0 unspecified atom stereocenters. The van der Waals surface area contributed by atoms with Crippen LogP contribution >= 0.6 is 0 Å². The zero-order valence-electron chi connectivity index (χ0n) is 5.27. The molecule has 0 aromatic rings. The van der Waals surface area contributed by atoms with Crippen LogP contribution < -0.4 is 0 Å². The molecule has 0 aromatic carbocycles. The molecule has 2 heteroatoms. The zero-order chi connectivity index (χ0) is 5.41. The molecule has 0 bridgehead atoms. The summed E-state index contributed by atoms with van der Waals surface area (Å²) in [6.45, 7) is 0. The van der Waals surface area contributed by atoms with Crippen molar-refractivity contribution in [2.45, 2.75) is 0 Å². The predicted octanol–water partition coefficient (Wildman–Crippen LogP) is 1.00. The van der Waals surface area contributed by atoms with Gasteiger partial charge in [0.05, 0.1) is 0 Å². The summed E-state index contributed by atoms with van der Waals surface area (Å²) in [7, 11) is 3.50. The summed E-state index contributed by atoms with van der Waals surface area (Å²) >= 11 is -0.250. The Bertz CT molecular complexity index is 37.3. The minimum Gasteiger partial charge on any atom is -0.358 e. The van der Waals surface area contributed by atoms with Gasteiger partial charge in [-0.05, 0) is 0 Å². The monoisotopic (exact) mass is 271 g/mol. The molecule has 0 atom stereocenters. The Balaban J connectivity index is -0.0000000400. The Kier molecular flexibility index (Phi) is 72.7. The number of hydrogen-bond donors (Lipinski definition) is 0.